The maximum atomic E-state index is 11.2. The Kier molecular flexibility index (Phi) is 1.15. The van der Waals surface area contributed by atoms with Gasteiger partial charge in [0.25, 0.3) is 0 Å². The number of esters is 1. The second-order valence-corrected chi connectivity index (χ2v) is 3.74. The van der Waals surface area contributed by atoms with Crippen LogP contribution in [0.1, 0.15) is 6.42 Å². The monoisotopic (exact) mass is 184 g/mol. The molecule has 70 valence electrons. The topological polar surface area (TPSA) is 72.8 Å². The van der Waals surface area contributed by atoms with E-state index in [9.17, 15) is 9.59 Å². The molecule has 3 fully saturated rings. The number of fused-ring (bicyclic) bond motifs is 1. The molecule has 0 unspecified atom stereocenters. The number of carboxylic acids is 1. The van der Waals surface area contributed by atoms with E-state index in [0.29, 0.717) is 6.42 Å². The van der Waals surface area contributed by atoms with E-state index < -0.39 is 23.8 Å². The van der Waals surface area contributed by atoms with Crippen molar-refractivity contribution in [2.75, 3.05) is 0 Å². The van der Waals surface area contributed by atoms with Crippen molar-refractivity contribution >= 4 is 11.9 Å². The number of aliphatic carboxylic acids is 1. The molecule has 0 aromatic rings. The Bertz CT molecular complexity index is 297. The summed E-state index contributed by atoms with van der Waals surface area (Å²) in [4.78, 5) is 22.1. The molecule has 2 bridgehead atoms. The summed E-state index contributed by atoms with van der Waals surface area (Å²) < 4.78 is 10.4. The first-order chi connectivity index (χ1) is 6.18. The molecule has 3 aliphatic rings. The lowest BCUT2D eigenvalue weighted by atomic mass is 9.80. The van der Waals surface area contributed by atoms with Crippen LogP contribution in [0, 0.1) is 11.8 Å². The average Bonchev–Trinajstić information content (AvgIpc) is 2.60. The quantitative estimate of drug-likeness (QED) is 0.551. The fourth-order valence-electron chi connectivity index (χ4n) is 2.63. The molecule has 5 nitrogen and oxygen atoms in total. The first-order valence-corrected chi connectivity index (χ1v) is 4.27. The summed E-state index contributed by atoms with van der Waals surface area (Å²) in [6.07, 6.45) is -0.246. The summed E-state index contributed by atoms with van der Waals surface area (Å²) in [7, 11) is 0. The van der Waals surface area contributed by atoms with Crippen LogP contribution in [-0.2, 0) is 19.1 Å². The van der Waals surface area contributed by atoms with Gasteiger partial charge >= 0.3 is 11.9 Å². The number of rotatable bonds is 1. The molecular weight excluding hydrogens is 176 g/mol. The van der Waals surface area contributed by atoms with E-state index in [1.807, 2.05) is 0 Å². The molecule has 3 saturated heterocycles. The van der Waals surface area contributed by atoms with Gasteiger partial charge in [0.15, 0.2) is 0 Å². The van der Waals surface area contributed by atoms with Crippen molar-refractivity contribution in [3.63, 3.8) is 0 Å². The predicted octanol–water partition coefficient (Wildman–Crippen LogP) is -0.600. The normalized spacial score (nSPS) is 51.1. The van der Waals surface area contributed by atoms with Crippen LogP contribution in [0.2, 0.25) is 0 Å². The van der Waals surface area contributed by atoms with E-state index in [0.717, 1.165) is 0 Å². The third-order valence-electron chi connectivity index (χ3n) is 3.13. The highest BCUT2D eigenvalue weighted by atomic mass is 16.6. The second kappa shape index (κ2) is 2.04. The SMILES string of the molecule is O=C1O[C@@H]2C[C@H]3O[C@H]2[C@@H]1[C@@H]3C(=O)O. The zero-order chi connectivity index (χ0) is 9.16. The van der Waals surface area contributed by atoms with Crippen LogP contribution in [0.25, 0.3) is 0 Å². The molecule has 0 radical (unpaired) electrons. The maximum absolute atomic E-state index is 11.2. The van der Waals surface area contributed by atoms with Gasteiger partial charge in [0.1, 0.15) is 18.1 Å². The molecule has 3 aliphatic heterocycles. The molecule has 0 aromatic heterocycles. The minimum Gasteiger partial charge on any atom is -0.481 e. The number of carbonyl (C=O) groups excluding carboxylic acids is 1. The molecular formula is C8H8O5. The molecule has 13 heavy (non-hydrogen) atoms. The summed E-state index contributed by atoms with van der Waals surface area (Å²) >= 11 is 0. The Balaban J connectivity index is 2.01. The van der Waals surface area contributed by atoms with Crippen molar-refractivity contribution in [1.82, 2.24) is 0 Å². The molecule has 0 spiro atoms. The molecule has 5 atom stereocenters. The van der Waals surface area contributed by atoms with Gasteiger partial charge in [-0.05, 0) is 0 Å². The van der Waals surface area contributed by atoms with Gasteiger partial charge in [-0.15, -0.1) is 0 Å². The van der Waals surface area contributed by atoms with E-state index in [4.69, 9.17) is 14.6 Å². The van der Waals surface area contributed by atoms with Crippen LogP contribution in [0.15, 0.2) is 0 Å². The van der Waals surface area contributed by atoms with E-state index in [1.54, 1.807) is 0 Å². The third kappa shape index (κ3) is 0.709. The molecule has 0 aliphatic carbocycles. The van der Waals surface area contributed by atoms with Crippen molar-refractivity contribution in [3.8, 4) is 0 Å². The van der Waals surface area contributed by atoms with Crippen molar-refractivity contribution < 1.29 is 24.2 Å². The minimum absolute atomic E-state index is 0.182. The highest BCUT2D eigenvalue weighted by molar-refractivity contribution is 5.85. The number of hydrogen-bond acceptors (Lipinski definition) is 4. The van der Waals surface area contributed by atoms with E-state index in [2.05, 4.69) is 0 Å². The zero-order valence-corrected chi connectivity index (χ0v) is 6.67. The fourth-order valence-corrected chi connectivity index (χ4v) is 2.63. The first kappa shape index (κ1) is 7.32. The van der Waals surface area contributed by atoms with Crippen LogP contribution < -0.4 is 0 Å². The van der Waals surface area contributed by atoms with Gasteiger partial charge in [0.2, 0.25) is 0 Å². The van der Waals surface area contributed by atoms with Gasteiger partial charge in [-0.25, -0.2) is 0 Å². The Labute approximate surface area is 73.6 Å². The molecule has 5 heteroatoms. The Morgan fingerprint density at radius 1 is 1.46 bits per heavy atom. The standard InChI is InChI=1S/C8H8O5/c9-7(10)4-2-1-3-6(12-2)5(4)8(11)13-3/h2-6H,1H2,(H,9,10)/t2-,3-,4-,5+,6-/m1/s1. The van der Waals surface area contributed by atoms with E-state index in [-0.39, 0.29) is 18.3 Å². The van der Waals surface area contributed by atoms with Gasteiger partial charge in [-0.2, -0.15) is 0 Å². The Hall–Kier alpha value is -1.10. The summed E-state index contributed by atoms with van der Waals surface area (Å²) in [5, 5.41) is 8.89. The lowest BCUT2D eigenvalue weighted by Gasteiger charge is -2.16. The van der Waals surface area contributed by atoms with Crippen LogP contribution in [0.4, 0.5) is 0 Å². The summed E-state index contributed by atoms with van der Waals surface area (Å²) in [5.74, 6) is -2.59. The Morgan fingerprint density at radius 2 is 2.23 bits per heavy atom. The van der Waals surface area contributed by atoms with Crippen molar-refractivity contribution in [3.05, 3.63) is 0 Å². The average molecular weight is 184 g/mol. The molecule has 0 amide bonds. The summed E-state index contributed by atoms with van der Waals surface area (Å²) in [5.41, 5.74) is 0. The predicted molar refractivity (Wildman–Crippen MR) is 37.8 cm³/mol. The van der Waals surface area contributed by atoms with Gasteiger partial charge < -0.3 is 14.6 Å². The smallest absolute Gasteiger partial charge is 0.313 e. The number of carbonyl (C=O) groups is 2. The fraction of sp³-hybridized carbons (Fsp3) is 0.750. The van der Waals surface area contributed by atoms with Crippen LogP contribution in [0.3, 0.4) is 0 Å². The molecule has 0 saturated carbocycles. The van der Waals surface area contributed by atoms with Gasteiger partial charge in [-0.1, -0.05) is 0 Å². The summed E-state index contributed by atoms with van der Waals surface area (Å²) in [6, 6.07) is 0. The van der Waals surface area contributed by atoms with Crippen LogP contribution >= 0.6 is 0 Å². The first-order valence-electron chi connectivity index (χ1n) is 4.27. The summed E-state index contributed by atoms with van der Waals surface area (Å²) in [6.45, 7) is 0. The third-order valence-corrected chi connectivity index (χ3v) is 3.13. The van der Waals surface area contributed by atoms with Crippen molar-refractivity contribution in [2.45, 2.75) is 24.7 Å². The van der Waals surface area contributed by atoms with Gasteiger partial charge in [0, 0.05) is 6.42 Å². The largest absolute Gasteiger partial charge is 0.481 e. The Morgan fingerprint density at radius 3 is 2.92 bits per heavy atom. The maximum Gasteiger partial charge on any atom is 0.313 e. The van der Waals surface area contributed by atoms with E-state index >= 15 is 0 Å². The highest BCUT2D eigenvalue weighted by Crippen LogP contribution is 2.49. The highest BCUT2D eigenvalue weighted by Gasteiger charge is 2.65. The molecule has 3 heterocycles. The number of carboxylic acid groups (broad SMARTS) is 1. The van der Waals surface area contributed by atoms with E-state index in [1.165, 1.54) is 0 Å². The molecule has 3 rings (SSSR count). The van der Waals surface area contributed by atoms with Crippen LogP contribution in [0.5, 0.6) is 0 Å². The molecule has 1 N–H and O–H groups in total. The number of hydrogen-bond donors (Lipinski definition) is 1. The van der Waals surface area contributed by atoms with Crippen molar-refractivity contribution in [2.24, 2.45) is 11.8 Å². The van der Waals surface area contributed by atoms with Gasteiger partial charge in [0.05, 0.1) is 12.0 Å². The zero-order valence-electron chi connectivity index (χ0n) is 6.67. The lowest BCUT2D eigenvalue weighted by molar-refractivity contribution is -0.151. The number of ether oxygens (including phenoxy) is 2. The second-order valence-electron chi connectivity index (χ2n) is 3.74. The lowest BCUT2D eigenvalue weighted by Crippen LogP contribution is -2.36. The van der Waals surface area contributed by atoms with Gasteiger partial charge in [-0.3, -0.25) is 9.59 Å². The van der Waals surface area contributed by atoms with Crippen molar-refractivity contribution in [1.29, 1.82) is 0 Å². The minimum atomic E-state index is -0.949. The van der Waals surface area contributed by atoms with Crippen LogP contribution in [-0.4, -0.2) is 35.4 Å². The molecule has 0 aromatic carbocycles.